The first-order valence-electron chi connectivity index (χ1n) is 6.50. The van der Waals surface area contributed by atoms with Gasteiger partial charge in [0.1, 0.15) is 0 Å². The number of aromatic nitrogens is 1. The van der Waals surface area contributed by atoms with E-state index in [-0.39, 0.29) is 0 Å². The van der Waals surface area contributed by atoms with Gasteiger partial charge in [-0.2, -0.15) is 0 Å². The first-order chi connectivity index (χ1) is 8.86. The molecule has 0 atom stereocenters. The SMILES string of the molecule is C/C=C(\CC)n1c2ccccc2c2ccccc21. The molecule has 0 unspecified atom stereocenters. The summed E-state index contributed by atoms with van der Waals surface area (Å²) in [6, 6.07) is 17.3. The van der Waals surface area contributed by atoms with Crippen LogP contribution >= 0.6 is 0 Å². The molecule has 0 saturated carbocycles. The van der Waals surface area contributed by atoms with E-state index in [4.69, 9.17) is 0 Å². The van der Waals surface area contributed by atoms with E-state index in [1.54, 1.807) is 0 Å². The molecule has 3 aromatic rings. The van der Waals surface area contributed by atoms with Crippen LogP contribution in [0.2, 0.25) is 0 Å². The van der Waals surface area contributed by atoms with Crippen LogP contribution in [0.15, 0.2) is 54.6 Å². The van der Waals surface area contributed by atoms with Crippen molar-refractivity contribution in [3.8, 4) is 0 Å². The van der Waals surface area contributed by atoms with Crippen LogP contribution in [-0.4, -0.2) is 4.57 Å². The first kappa shape index (κ1) is 11.1. The molecule has 0 amide bonds. The minimum absolute atomic E-state index is 1.04. The summed E-state index contributed by atoms with van der Waals surface area (Å²) in [6.07, 6.45) is 3.25. The Hall–Kier alpha value is -2.02. The number of benzene rings is 2. The van der Waals surface area contributed by atoms with Gasteiger partial charge in [0, 0.05) is 16.5 Å². The van der Waals surface area contributed by atoms with Crippen LogP contribution in [0.25, 0.3) is 27.5 Å². The number of rotatable bonds is 2. The largest absolute Gasteiger partial charge is 0.313 e. The molecule has 0 spiro atoms. The number of hydrogen-bond acceptors (Lipinski definition) is 0. The Bertz CT molecular complexity index is 678. The van der Waals surface area contributed by atoms with Gasteiger partial charge in [0.2, 0.25) is 0 Å². The summed E-state index contributed by atoms with van der Waals surface area (Å²) in [5, 5.41) is 2.67. The fourth-order valence-corrected chi connectivity index (χ4v) is 2.72. The van der Waals surface area contributed by atoms with Crippen molar-refractivity contribution in [3.63, 3.8) is 0 Å². The number of para-hydroxylation sites is 2. The van der Waals surface area contributed by atoms with Gasteiger partial charge in [-0.05, 0) is 25.5 Å². The number of fused-ring (bicyclic) bond motifs is 3. The van der Waals surface area contributed by atoms with E-state index >= 15 is 0 Å². The fraction of sp³-hybridized carbons (Fsp3) is 0.176. The Morgan fingerprint density at radius 1 is 0.944 bits per heavy atom. The van der Waals surface area contributed by atoms with E-state index in [0.717, 1.165) is 6.42 Å². The zero-order valence-corrected chi connectivity index (χ0v) is 10.9. The van der Waals surface area contributed by atoms with E-state index in [1.807, 2.05) is 0 Å². The molecule has 0 bridgehead atoms. The summed E-state index contributed by atoms with van der Waals surface area (Å²) in [4.78, 5) is 0. The smallest absolute Gasteiger partial charge is 0.0537 e. The first-order valence-corrected chi connectivity index (χ1v) is 6.50. The molecule has 0 N–H and O–H groups in total. The van der Waals surface area contributed by atoms with Gasteiger partial charge in [-0.1, -0.05) is 49.4 Å². The van der Waals surface area contributed by atoms with E-state index in [2.05, 4.69) is 73.0 Å². The average Bonchev–Trinajstić information content (AvgIpc) is 2.76. The summed E-state index contributed by atoms with van der Waals surface area (Å²) < 4.78 is 2.38. The van der Waals surface area contributed by atoms with E-state index in [9.17, 15) is 0 Å². The third kappa shape index (κ3) is 1.47. The zero-order chi connectivity index (χ0) is 12.5. The molecular formula is C17H17N. The van der Waals surface area contributed by atoms with Crippen LogP contribution in [-0.2, 0) is 0 Å². The molecule has 90 valence electrons. The normalized spacial score (nSPS) is 12.4. The zero-order valence-electron chi connectivity index (χ0n) is 10.9. The van der Waals surface area contributed by atoms with Crippen LogP contribution in [0.4, 0.5) is 0 Å². The van der Waals surface area contributed by atoms with Crippen molar-refractivity contribution in [1.29, 1.82) is 0 Å². The Balaban J connectivity index is 2.53. The van der Waals surface area contributed by atoms with Gasteiger partial charge in [-0.3, -0.25) is 0 Å². The lowest BCUT2D eigenvalue weighted by atomic mass is 10.2. The van der Waals surface area contributed by atoms with Crippen LogP contribution < -0.4 is 0 Å². The second-order valence-corrected chi connectivity index (χ2v) is 4.50. The molecule has 2 aromatic carbocycles. The number of hydrogen-bond donors (Lipinski definition) is 0. The standard InChI is InChI=1S/C17H17N/c1-3-13(4-2)18-16-11-7-5-9-14(16)15-10-6-8-12-17(15)18/h3,5-12H,4H2,1-2H3/b13-3+. The lowest BCUT2D eigenvalue weighted by Crippen LogP contribution is -1.94. The van der Waals surface area contributed by atoms with Crippen molar-refractivity contribution in [2.45, 2.75) is 20.3 Å². The molecule has 0 aliphatic carbocycles. The summed E-state index contributed by atoms with van der Waals surface area (Å²) in [5.74, 6) is 0. The lowest BCUT2D eigenvalue weighted by Gasteiger charge is -2.09. The van der Waals surface area contributed by atoms with Crippen LogP contribution in [0.5, 0.6) is 0 Å². The molecule has 0 aliphatic rings. The molecule has 1 aromatic heterocycles. The molecule has 1 heterocycles. The maximum absolute atomic E-state index is 2.38. The fourth-order valence-electron chi connectivity index (χ4n) is 2.72. The van der Waals surface area contributed by atoms with Gasteiger partial charge in [0.15, 0.2) is 0 Å². The van der Waals surface area contributed by atoms with Crippen molar-refractivity contribution in [2.75, 3.05) is 0 Å². The second kappa shape index (κ2) is 4.34. The highest BCUT2D eigenvalue weighted by Crippen LogP contribution is 2.31. The van der Waals surface area contributed by atoms with Gasteiger partial charge in [-0.25, -0.2) is 0 Å². The van der Waals surface area contributed by atoms with Crippen molar-refractivity contribution >= 4 is 27.5 Å². The summed E-state index contributed by atoms with van der Waals surface area (Å²) >= 11 is 0. The van der Waals surface area contributed by atoms with Crippen molar-refractivity contribution in [1.82, 2.24) is 4.57 Å². The summed E-state index contributed by atoms with van der Waals surface area (Å²) in [7, 11) is 0. The summed E-state index contributed by atoms with van der Waals surface area (Å²) in [6.45, 7) is 4.32. The Morgan fingerprint density at radius 3 is 1.89 bits per heavy atom. The highest BCUT2D eigenvalue weighted by Gasteiger charge is 2.10. The maximum Gasteiger partial charge on any atom is 0.0537 e. The van der Waals surface area contributed by atoms with Gasteiger partial charge < -0.3 is 4.57 Å². The minimum atomic E-state index is 1.04. The van der Waals surface area contributed by atoms with Crippen LogP contribution in [0, 0.1) is 0 Å². The topological polar surface area (TPSA) is 4.93 Å². The lowest BCUT2D eigenvalue weighted by molar-refractivity contribution is 1.08. The monoisotopic (exact) mass is 235 g/mol. The van der Waals surface area contributed by atoms with Crippen molar-refractivity contribution in [3.05, 3.63) is 54.6 Å². The van der Waals surface area contributed by atoms with E-state index in [0.29, 0.717) is 0 Å². The van der Waals surface area contributed by atoms with Gasteiger partial charge in [0.25, 0.3) is 0 Å². The molecule has 0 saturated heterocycles. The van der Waals surface area contributed by atoms with Gasteiger partial charge in [0.05, 0.1) is 11.0 Å². The predicted octanol–water partition coefficient (Wildman–Crippen LogP) is 5.07. The molecule has 0 aliphatic heterocycles. The Labute approximate surface area is 107 Å². The molecule has 3 rings (SSSR count). The third-order valence-corrected chi connectivity index (χ3v) is 3.56. The highest BCUT2D eigenvalue weighted by atomic mass is 15.0. The van der Waals surface area contributed by atoms with Gasteiger partial charge >= 0.3 is 0 Å². The van der Waals surface area contributed by atoms with E-state index < -0.39 is 0 Å². The van der Waals surface area contributed by atoms with E-state index in [1.165, 1.54) is 27.5 Å². The molecular weight excluding hydrogens is 218 g/mol. The van der Waals surface area contributed by atoms with Crippen molar-refractivity contribution < 1.29 is 0 Å². The molecule has 0 fully saturated rings. The molecule has 1 nitrogen and oxygen atoms in total. The number of allylic oxidation sites excluding steroid dienone is 2. The quantitative estimate of drug-likeness (QED) is 0.584. The van der Waals surface area contributed by atoms with Crippen LogP contribution in [0.1, 0.15) is 20.3 Å². The molecule has 1 heteroatoms. The van der Waals surface area contributed by atoms with Crippen molar-refractivity contribution in [2.24, 2.45) is 0 Å². The minimum Gasteiger partial charge on any atom is -0.313 e. The van der Waals surface area contributed by atoms with Gasteiger partial charge in [-0.15, -0.1) is 0 Å². The second-order valence-electron chi connectivity index (χ2n) is 4.50. The highest BCUT2D eigenvalue weighted by molar-refractivity contribution is 6.09. The predicted molar refractivity (Wildman–Crippen MR) is 79.7 cm³/mol. The molecule has 18 heavy (non-hydrogen) atoms. The third-order valence-electron chi connectivity index (χ3n) is 3.56. The Morgan fingerprint density at radius 2 is 1.44 bits per heavy atom. The molecule has 0 radical (unpaired) electrons. The number of nitrogens with zero attached hydrogens (tertiary/aromatic N) is 1. The Kier molecular flexibility index (Phi) is 2.67. The van der Waals surface area contributed by atoms with Crippen LogP contribution in [0.3, 0.4) is 0 Å². The average molecular weight is 235 g/mol. The maximum atomic E-state index is 2.38. The summed E-state index contributed by atoms with van der Waals surface area (Å²) in [5.41, 5.74) is 3.95.